The molecule has 0 aromatic rings. The molecule has 19 heteroatoms. The molecular weight excluding hydrogens is 1350 g/mol. The van der Waals surface area contributed by atoms with Gasteiger partial charge in [-0.2, -0.15) is 0 Å². The fourth-order valence-electron chi connectivity index (χ4n) is 9.72. The summed E-state index contributed by atoms with van der Waals surface area (Å²) in [5.41, 5.74) is 0. The maximum atomic E-state index is 13.1. The largest absolute Gasteiger partial charge is 0.472 e. The van der Waals surface area contributed by atoms with Crippen LogP contribution in [0.1, 0.15) is 285 Å². The van der Waals surface area contributed by atoms with E-state index in [1.54, 1.807) is 0 Å². The Morgan fingerprint density at radius 1 is 0.279 bits per heavy atom. The second-order valence-corrected chi connectivity index (χ2v) is 28.4. The van der Waals surface area contributed by atoms with Crippen molar-refractivity contribution in [2.75, 3.05) is 39.6 Å². The predicted octanol–water partition coefficient (Wildman–Crippen LogP) is 23.0. The van der Waals surface area contributed by atoms with Crippen LogP contribution in [0.4, 0.5) is 0 Å². The topological polar surface area (TPSA) is 237 Å². The summed E-state index contributed by atoms with van der Waals surface area (Å²) >= 11 is 0. The van der Waals surface area contributed by atoms with Crippen LogP contribution in [0.5, 0.6) is 0 Å². The van der Waals surface area contributed by atoms with Crippen LogP contribution in [0.2, 0.25) is 0 Å². The summed E-state index contributed by atoms with van der Waals surface area (Å²) in [6.07, 6.45) is 89.3. The first kappa shape index (κ1) is 98.4. The van der Waals surface area contributed by atoms with E-state index in [0.717, 1.165) is 154 Å². The number of hydrogen-bond donors (Lipinski definition) is 3. The molecule has 0 aromatic heterocycles. The van der Waals surface area contributed by atoms with Crippen molar-refractivity contribution in [3.63, 3.8) is 0 Å². The van der Waals surface area contributed by atoms with Gasteiger partial charge in [0.1, 0.15) is 19.3 Å². The van der Waals surface area contributed by atoms with Gasteiger partial charge in [-0.1, -0.05) is 275 Å². The van der Waals surface area contributed by atoms with Gasteiger partial charge >= 0.3 is 39.5 Å². The van der Waals surface area contributed by atoms with Crippen molar-refractivity contribution >= 4 is 39.5 Å². The summed E-state index contributed by atoms with van der Waals surface area (Å²) in [4.78, 5) is 72.9. The average Bonchev–Trinajstić information content (AvgIpc) is 0.939. The molecule has 0 aliphatic carbocycles. The number of carbonyl (C=O) groups is 4. The SMILES string of the molecule is CC/C=C\C/C=C\C/C=C\C/C=C\C/C=C\C/C=C\CCC(=O)OCC(COP(=O)(O)OCC(O)COP(=O)(O)OCC(COC(=O)CCC/C=C\C/C=C\C/C=C\C/C=C\C/C=C\CC)OC(=O)CCCCCCC/C=C\CCCCCCCC)OC(=O)CCCCCCC/C=C\C/C=C\CCC. The molecule has 0 rings (SSSR count). The summed E-state index contributed by atoms with van der Waals surface area (Å²) < 4.78 is 68.4. The molecular formula is C85H138O17P2. The van der Waals surface area contributed by atoms with E-state index in [2.05, 4.69) is 167 Å². The first-order chi connectivity index (χ1) is 50.7. The van der Waals surface area contributed by atoms with E-state index in [0.29, 0.717) is 38.5 Å². The maximum Gasteiger partial charge on any atom is 0.472 e. The van der Waals surface area contributed by atoms with Gasteiger partial charge in [-0.15, -0.1) is 0 Å². The molecule has 5 atom stereocenters. The molecule has 0 radical (unpaired) electrons. The third-order valence-corrected chi connectivity index (χ3v) is 17.5. The van der Waals surface area contributed by atoms with Crippen molar-refractivity contribution in [3.05, 3.63) is 170 Å². The van der Waals surface area contributed by atoms with Crippen LogP contribution < -0.4 is 0 Å². The van der Waals surface area contributed by atoms with Crippen molar-refractivity contribution in [1.29, 1.82) is 0 Å². The monoisotopic (exact) mass is 1490 g/mol. The molecule has 0 fully saturated rings. The Morgan fingerprint density at radius 3 is 0.904 bits per heavy atom. The minimum Gasteiger partial charge on any atom is -0.462 e. The lowest BCUT2D eigenvalue weighted by Crippen LogP contribution is -2.30. The van der Waals surface area contributed by atoms with Gasteiger partial charge in [0, 0.05) is 25.7 Å². The van der Waals surface area contributed by atoms with Crippen LogP contribution in [0, 0.1) is 0 Å². The molecule has 0 amide bonds. The van der Waals surface area contributed by atoms with Gasteiger partial charge in [-0.05, 0) is 154 Å². The summed E-state index contributed by atoms with van der Waals surface area (Å²) in [5.74, 6) is -2.38. The fourth-order valence-corrected chi connectivity index (χ4v) is 11.3. The number of rotatable bonds is 72. The number of hydrogen-bond acceptors (Lipinski definition) is 15. The van der Waals surface area contributed by atoms with Crippen molar-refractivity contribution < 1.29 is 80.2 Å². The Morgan fingerprint density at radius 2 is 0.548 bits per heavy atom. The van der Waals surface area contributed by atoms with E-state index < -0.39 is 97.5 Å². The normalized spacial score (nSPS) is 14.8. The number of allylic oxidation sites excluding steroid dienone is 28. The van der Waals surface area contributed by atoms with Crippen LogP contribution in [0.25, 0.3) is 0 Å². The van der Waals surface area contributed by atoms with Crippen LogP contribution in [-0.2, 0) is 65.4 Å². The van der Waals surface area contributed by atoms with Crippen molar-refractivity contribution in [2.24, 2.45) is 0 Å². The van der Waals surface area contributed by atoms with Gasteiger partial charge in [0.15, 0.2) is 12.2 Å². The number of aliphatic hydroxyl groups excluding tert-OH is 1. The first-order valence-corrected chi connectivity index (χ1v) is 42.4. The Hall–Kier alpha value is -5.58. The predicted molar refractivity (Wildman–Crippen MR) is 426 cm³/mol. The molecule has 0 aliphatic heterocycles. The third kappa shape index (κ3) is 74.7. The van der Waals surface area contributed by atoms with Gasteiger partial charge in [-0.25, -0.2) is 9.13 Å². The molecule has 5 unspecified atom stereocenters. The Labute approximate surface area is 629 Å². The van der Waals surface area contributed by atoms with Crippen LogP contribution in [0.15, 0.2) is 170 Å². The average molecular weight is 1490 g/mol. The van der Waals surface area contributed by atoms with Gasteiger partial charge in [-0.3, -0.25) is 37.3 Å². The number of unbranched alkanes of at least 4 members (excludes halogenated alkanes) is 18. The summed E-state index contributed by atoms with van der Waals surface area (Å²) in [6, 6.07) is 0. The molecule has 0 saturated heterocycles. The number of phosphoric acid groups is 2. The number of aliphatic hydroxyl groups is 1. The summed E-state index contributed by atoms with van der Waals surface area (Å²) in [6.45, 7) is 4.38. The number of phosphoric ester groups is 2. The molecule has 104 heavy (non-hydrogen) atoms. The Bertz CT molecular complexity index is 2640. The molecule has 590 valence electrons. The molecule has 0 heterocycles. The maximum absolute atomic E-state index is 13.1. The minimum atomic E-state index is -5.01. The molecule has 0 bridgehead atoms. The smallest absolute Gasteiger partial charge is 0.462 e. The number of esters is 4. The quantitative estimate of drug-likeness (QED) is 0.0169. The van der Waals surface area contributed by atoms with E-state index in [9.17, 15) is 43.2 Å². The lowest BCUT2D eigenvalue weighted by atomic mass is 10.1. The lowest BCUT2D eigenvalue weighted by molar-refractivity contribution is -0.161. The second kappa shape index (κ2) is 75.6. The highest BCUT2D eigenvalue weighted by Crippen LogP contribution is 2.45. The van der Waals surface area contributed by atoms with E-state index in [4.69, 9.17) is 37.0 Å². The third-order valence-electron chi connectivity index (χ3n) is 15.6. The standard InChI is InChI=1S/C85H138O17P2/c1-5-9-13-17-21-25-29-33-36-38-39-41-44-47-50-54-58-62-66-70-83(88)95-75-80(101-84(89)71-67-63-59-55-51-45-32-28-24-20-16-12-8-4)77-99-103(91,92)97-73-79(86)74-98-104(93,94)100-78-81(102-85(90)72-68-64-60-56-52-48-42-35-31-27-23-19-15-11-7-3)76-96-82(87)69-65-61-57-53-49-46-43-40-37-34-30-26-22-18-14-10-6-2/h9-10,13-14,16,20-22,25-26,28,32-37,39,41-43,46-47,50,53,57-58,62,79-81,86H,5-8,11-12,15,17-19,23-24,27,29-31,38,40,44-45,48-49,51-52,54-56,59-61,63-78H2,1-4H3,(H,91,92)(H,93,94)/b13-9-,14-10-,20-16-,25-21-,26-22-,32-28-,36-33-,37-34-,41-39-,42-35-,46-43-,50-47-,57-53-,62-58-. The van der Waals surface area contributed by atoms with Crippen LogP contribution in [-0.4, -0.2) is 96.7 Å². The molecule has 0 aliphatic rings. The van der Waals surface area contributed by atoms with Gasteiger partial charge in [0.05, 0.1) is 26.4 Å². The Balaban J connectivity index is 5.49. The van der Waals surface area contributed by atoms with Crippen LogP contribution in [0.3, 0.4) is 0 Å². The van der Waals surface area contributed by atoms with Gasteiger partial charge in [0.25, 0.3) is 0 Å². The number of carbonyl (C=O) groups excluding carboxylic acids is 4. The fraction of sp³-hybridized carbons (Fsp3) is 0.624. The van der Waals surface area contributed by atoms with E-state index in [1.165, 1.54) is 38.5 Å². The molecule has 17 nitrogen and oxygen atoms in total. The van der Waals surface area contributed by atoms with E-state index in [1.807, 2.05) is 30.4 Å². The van der Waals surface area contributed by atoms with Gasteiger partial charge < -0.3 is 33.8 Å². The zero-order chi connectivity index (χ0) is 76.0. The molecule has 0 aromatic carbocycles. The number of ether oxygens (including phenoxy) is 4. The highest BCUT2D eigenvalue weighted by Gasteiger charge is 2.30. The van der Waals surface area contributed by atoms with E-state index in [-0.39, 0.29) is 25.7 Å². The molecule has 3 N–H and O–H groups in total. The first-order valence-electron chi connectivity index (χ1n) is 39.4. The zero-order valence-corrected chi connectivity index (χ0v) is 66.2. The van der Waals surface area contributed by atoms with Crippen molar-refractivity contribution in [3.8, 4) is 0 Å². The van der Waals surface area contributed by atoms with Gasteiger partial charge in [0.2, 0.25) is 0 Å². The van der Waals surface area contributed by atoms with Crippen LogP contribution >= 0.6 is 15.6 Å². The molecule has 0 spiro atoms. The minimum absolute atomic E-state index is 0.0263. The van der Waals surface area contributed by atoms with E-state index >= 15 is 0 Å². The zero-order valence-electron chi connectivity index (χ0n) is 64.4. The Kier molecular flexibility index (Phi) is 71.6. The lowest BCUT2D eigenvalue weighted by Gasteiger charge is -2.21. The second-order valence-electron chi connectivity index (χ2n) is 25.5. The summed E-state index contributed by atoms with van der Waals surface area (Å²) in [7, 11) is -10.0. The van der Waals surface area contributed by atoms with Crippen molar-refractivity contribution in [2.45, 2.75) is 303 Å². The van der Waals surface area contributed by atoms with Crippen molar-refractivity contribution in [1.82, 2.24) is 0 Å². The summed E-state index contributed by atoms with van der Waals surface area (Å²) in [5, 5.41) is 10.6. The highest BCUT2D eigenvalue weighted by molar-refractivity contribution is 7.47. The molecule has 0 saturated carbocycles. The highest BCUT2D eigenvalue weighted by atomic mass is 31.2.